The summed E-state index contributed by atoms with van der Waals surface area (Å²) in [4.78, 5) is 34.8. The van der Waals surface area contributed by atoms with Gasteiger partial charge in [-0.2, -0.15) is 10.2 Å². The summed E-state index contributed by atoms with van der Waals surface area (Å²) < 4.78 is 2.72. The van der Waals surface area contributed by atoms with Crippen molar-refractivity contribution < 1.29 is 14.5 Å². The maximum Gasteiger partial charge on any atom is 0.307 e. The van der Waals surface area contributed by atoms with E-state index in [-0.39, 0.29) is 17.1 Å². The first-order valence-corrected chi connectivity index (χ1v) is 7.51. The van der Waals surface area contributed by atoms with Gasteiger partial charge in [-0.25, -0.2) is 0 Å². The largest absolute Gasteiger partial charge is 0.354 e. The van der Waals surface area contributed by atoms with Crippen LogP contribution in [0.15, 0.2) is 18.6 Å². The topological polar surface area (TPSA) is 137 Å². The second-order valence-electron chi connectivity index (χ2n) is 5.74. The third kappa shape index (κ3) is 3.49. The van der Waals surface area contributed by atoms with Crippen LogP contribution in [0.5, 0.6) is 0 Å². The van der Waals surface area contributed by atoms with Crippen molar-refractivity contribution in [2.45, 2.75) is 32.9 Å². The highest BCUT2D eigenvalue weighted by molar-refractivity contribution is 6.03. The number of aryl methyl sites for hydroxylation is 1. The highest BCUT2D eigenvalue weighted by Gasteiger charge is 2.33. The molecule has 0 aliphatic heterocycles. The van der Waals surface area contributed by atoms with E-state index in [1.54, 1.807) is 20.0 Å². The van der Waals surface area contributed by atoms with Crippen molar-refractivity contribution in [3.63, 3.8) is 0 Å². The zero-order chi connectivity index (χ0) is 18.8. The van der Waals surface area contributed by atoms with E-state index in [4.69, 9.17) is 0 Å². The Morgan fingerprint density at radius 3 is 2.56 bits per heavy atom. The highest BCUT2D eigenvalue weighted by Crippen LogP contribution is 2.22. The van der Waals surface area contributed by atoms with Gasteiger partial charge in [0.15, 0.2) is 5.69 Å². The summed E-state index contributed by atoms with van der Waals surface area (Å²) in [6, 6.07) is 0. The first-order valence-electron chi connectivity index (χ1n) is 7.51. The van der Waals surface area contributed by atoms with Crippen molar-refractivity contribution >= 4 is 23.2 Å². The van der Waals surface area contributed by atoms with Crippen LogP contribution in [0.4, 0.5) is 11.4 Å². The molecule has 0 unspecified atom stereocenters. The molecule has 0 saturated carbocycles. The first-order chi connectivity index (χ1) is 11.7. The predicted octanol–water partition coefficient (Wildman–Crippen LogP) is 0.741. The average molecular weight is 349 g/mol. The maximum absolute atomic E-state index is 12.7. The number of hydrogen-bond acceptors (Lipinski definition) is 6. The van der Waals surface area contributed by atoms with E-state index in [0.29, 0.717) is 6.54 Å². The second kappa shape index (κ2) is 6.71. The van der Waals surface area contributed by atoms with E-state index >= 15 is 0 Å². The molecule has 2 aromatic heterocycles. The molecule has 0 fully saturated rings. The third-order valence-corrected chi connectivity index (χ3v) is 3.68. The lowest BCUT2D eigenvalue weighted by atomic mass is 10.0. The molecule has 0 bridgehead atoms. The van der Waals surface area contributed by atoms with E-state index in [1.165, 1.54) is 22.6 Å². The van der Waals surface area contributed by atoms with Gasteiger partial charge in [0.2, 0.25) is 0 Å². The molecule has 11 nitrogen and oxygen atoms in total. The fraction of sp³-hybridized carbons (Fsp3) is 0.429. The Morgan fingerprint density at radius 2 is 2.04 bits per heavy atom. The molecule has 0 radical (unpaired) electrons. The monoisotopic (exact) mass is 349 g/mol. The van der Waals surface area contributed by atoms with E-state index in [9.17, 15) is 19.7 Å². The van der Waals surface area contributed by atoms with E-state index < -0.39 is 22.3 Å². The van der Waals surface area contributed by atoms with Crippen molar-refractivity contribution in [3.05, 3.63) is 34.4 Å². The number of hydrogen-bond donors (Lipinski definition) is 2. The van der Waals surface area contributed by atoms with Crippen molar-refractivity contribution in [2.75, 3.05) is 12.4 Å². The Kier molecular flexibility index (Phi) is 4.86. The van der Waals surface area contributed by atoms with Gasteiger partial charge >= 0.3 is 5.69 Å². The van der Waals surface area contributed by atoms with E-state index in [0.717, 1.165) is 6.20 Å². The number of anilines is 1. The second-order valence-corrected chi connectivity index (χ2v) is 5.74. The van der Waals surface area contributed by atoms with Gasteiger partial charge < -0.3 is 10.6 Å². The zero-order valence-electron chi connectivity index (χ0n) is 14.3. The summed E-state index contributed by atoms with van der Waals surface area (Å²) in [5.74, 6) is -0.929. The first kappa shape index (κ1) is 18.1. The molecule has 0 aliphatic rings. The van der Waals surface area contributed by atoms with E-state index in [2.05, 4.69) is 20.8 Å². The number of nitro groups is 1. The van der Waals surface area contributed by atoms with Gasteiger partial charge in [0.25, 0.3) is 11.8 Å². The van der Waals surface area contributed by atoms with Crippen LogP contribution in [0.25, 0.3) is 0 Å². The fourth-order valence-corrected chi connectivity index (χ4v) is 2.05. The molecule has 0 spiro atoms. The number of carbonyl (C=O) groups excluding carboxylic acids is 2. The molecule has 2 aromatic rings. The van der Waals surface area contributed by atoms with Crippen molar-refractivity contribution in [1.29, 1.82) is 0 Å². The van der Waals surface area contributed by atoms with Crippen LogP contribution >= 0.6 is 0 Å². The minimum Gasteiger partial charge on any atom is -0.354 e. The highest BCUT2D eigenvalue weighted by atomic mass is 16.6. The van der Waals surface area contributed by atoms with Crippen molar-refractivity contribution in [3.8, 4) is 0 Å². The molecule has 2 rings (SSSR count). The number of nitrogens with zero attached hydrogens (tertiary/aromatic N) is 5. The minimum absolute atomic E-state index is 0.0833. The van der Waals surface area contributed by atoms with Gasteiger partial charge in [-0.15, -0.1) is 0 Å². The van der Waals surface area contributed by atoms with E-state index in [1.807, 2.05) is 6.92 Å². The van der Waals surface area contributed by atoms with Gasteiger partial charge in [-0.1, -0.05) is 0 Å². The van der Waals surface area contributed by atoms with Crippen LogP contribution in [0.2, 0.25) is 0 Å². The molecular weight excluding hydrogens is 330 g/mol. The lowest BCUT2D eigenvalue weighted by Crippen LogP contribution is -2.41. The van der Waals surface area contributed by atoms with Gasteiger partial charge in [-0.3, -0.25) is 29.1 Å². The average Bonchev–Trinajstić information content (AvgIpc) is 3.21. The number of carbonyl (C=O) groups is 2. The van der Waals surface area contributed by atoms with Gasteiger partial charge in [0, 0.05) is 19.8 Å². The Bertz CT molecular complexity index is 821. The molecule has 0 atom stereocenters. The van der Waals surface area contributed by atoms with Gasteiger partial charge in [0.1, 0.15) is 17.9 Å². The summed E-state index contributed by atoms with van der Waals surface area (Å²) in [6.07, 6.45) is 3.79. The number of amides is 2. The number of rotatable bonds is 6. The quantitative estimate of drug-likeness (QED) is 0.583. The Labute approximate surface area is 143 Å². The molecule has 0 aliphatic carbocycles. The van der Waals surface area contributed by atoms with Gasteiger partial charge in [0.05, 0.1) is 10.6 Å². The van der Waals surface area contributed by atoms with Crippen LogP contribution in [0.1, 0.15) is 31.3 Å². The maximum atomic E-state index is 12.7. The molecule has 134 valence electrons. The summed E-state index contributed by atoms with van der Waals surface area (Å²) in [7, 11) is 1.46. The summed E-state index contributed by atoms with van der Waals surface area (Å²) in [5, 5.41) is 23.9. The van der Waals surface area contributed by atoms with Crippen LogP contribution in [-0.2, 0) is 16.9 Å². The molecule has 2 heterocycles. The van der Waals surface area contributed by atoms with Crippen molar-refractivity contribution in [1.82, 2.24) is 24.9 Å². The number of nitrogens with one attached hydrogen (secondary N) is 2. The molecule has 0 saturated heterocycles. The van der Waals surface area contributed by atoms with Crippen LogP contribution in [0, 0.1) is 10.1 Å². The zero-order valence-corrected chi connectivity index (χ0v) is 14.3. The standard InChI is InChI=1S/C14H19N7O4/c1-5-19-8-10(11(18-19)12(22)15-4)17-13(23)14(2,3)20-7-9(6-16-20)21(24)25/h6-8H,5H2,1-4H3,(H,15,22)(H,17,23). The summed E-state index contributed by atoms with van der Waals surface area (Å²) in [5.41, 5.74) is -1.10. The lowest BCUT2D eigenvalue weighted by molar-refractivity contribution is -0.385. The summed E-state index contributed by atoms with van der Waals surface area (Å²) in [6.45, 7) is 5.49. The Morgan fingerprint density at radius 1 is 1.36 bits per heavy atom. The molecule has 11 heteroatoms. The number of aromatic nitrogens is 4. The third-order valence-electron chi connectivity index (χ3n) is 3.68. The summed E-state index contributed by atoms with van der Waals surface area (Å²) >= 11 is 0. The van der Waals surface area contributed by atoms with Crippen molar-refractivity contribution in [2.24, 2.45) is 0 Å². The Balaban J connectivity index is 2.30. The molecule has 25 heavy (non-hydrogen) atoms. The molecule has 2 amide bonds. The SMILES string of the molecule is CCn1cc(NC(=O)C(C)(C)n2cc([N+](=O)[O-])cn2)c(C(=O)NC)n1. The predicted molar refractivity (Wildman–Crippen MR) is 88.1 cm³/mol. The fourth-order valence-electron chi connectivity index (χ4n) is 2.05. The molecule has 0 aromatic carbocycles. The molecular formula is C14H19N7O4. The normalized spacial score (nSPS) is 11.2. The van der Waals surface area contributed by atoms with Crippen LogP contribution < -0.4 is 10.6 Å². The van der Waals surface area contributed by atoms with Crippen LogP contribution in [0.3, 0.4) is 0 Å². The Hall–Kier alpha value is -3.24. The molecule has 2 N–H and O–H groups in total. The lowest BCUT2D eigenvalue weighted by Gasteiger charge is -2.23. The van der Waals surface area contributed by atoms with Crippen LogP contribution in [-0.4, -0.2) is 43.3 Å². The smallest absolute Gasteiger partial charge is 0.307 e. The minimum atomic E-state index is -1.22. The van der Waals surface area contributed by atoms with Gasteiger partial charge in [-0.05, 0) is 20.8 Å².